The van der Waals surface area contributed by atoms with Crippen molar-refractivity contribution < 1.29 is 9.59 Å². The molecule has 2 saturated carbocycles. The van der Waals surface area contributed by atoms with Gasteiger partial charge in [-0.25, -0.2) is 0 Å². The Morgan fingerprint density at radius 1 is 0.917 bits per heavy atom. The second-order valence-corrected chi connectivity index (χ2v) is 13.0. The lowest BCUT2D eigenvalue weighted by Gasteiger charge is -2.43. The quantitative estimate of drug-likeness (QED) is 0.519. The van der Waals surface area contributed by atoms with Crippen LogP contribution in [0.5, 0.6) is 0 Å². The fourth-order valence-electron chi connectivity index (χ4n) is 7.32. The van der Waals surface area contributed by atoms with Crippen LogP contribution in [0.25, 0.3) is 0 Å². The number of hydrogen-bond acceptors (Lipinski definition) is 6. The number of fused-ring (bicyclic) bond motifs is 9. The van der Waals surface area contributed by atoms with E-state index in [1.807, 2.05) is 45.3 Å². The van der Waals surface area contributed by atoms with Crippen molar-refractivity contribution >= 4 is 46.3 Å². The Labute approximate surface area is 217 Å². The number of amides is 2. The molecular formula is C28H27N3O3S2. The van der Waals surface area contributed by atoms with Gasteiger partial charge >= 0.3 is 4.87 Å². The molecule has 2 aromatic carbocycles. The molecule has 2 bridgehead atoms. The molecule has 8 heteroatoms. The van der Waals surface area contributed by atoms with Crippen LogP contribution in [0.3, 0.4) is 0 Å². The van der Waals surface area contributed by atoms with Crippen LogP contribution in [0, 0.1) is 36.5 Å². The highest BCUT2D eigenvalue weighted by Gasteiger charge is 2.69. The minimum atomic E-state index is -0.272. The molecule has 36 heavy (non-hydrogen) atoms. The number of benzene rings is 2. The number of imide groups is 1. The lowest BCUT2D eigenvalue weighted by molar-refractivity contribution is -0.123. The summed E-state index contributed by atoms with van der Waals surface area (Å²) in [5.74, 6) is -0.0711. The zero-order valence-electron chi connectivity index (χ0n) is 20.3. The Bertz CT molecular complexity index is 1440. The van der Waals surface area contributed by atoms with Crippen LogP contribution in [-0.4, -0.2) is 36.1 Å². The number of aromatic amines is 1. The van der Waals surface area contributed by atoms with E-state index in [9.17, 15) is 14.4 Å². The summed E-state index contributed by atoms with van der Waals surface area (Å²) in [6.07, 6.45) is 0.905. The Kier molecular flexibility index (Phi) is 4.86. The highest BCUT2D eigenvalue weighted by Crippen LogP contribution is 2.68. The summed E-state index contributed by atoms with van der Waals surface area (Å²) in [7, 11) is 4.05. The van der Waals surface area contributed by atoms with E-state index in [-0.39, 0.29) is 57.4 Å². The van der Waals surface area contributed by atoms with E-state index in [2.05, 4.69) is 34.1 Å². The molecule has 2 aliphatic heterocycles. The summed E-state index contributed by atoms with van der Waals surface area (Å²) >= 11 is 3.03. The standard InChI is InChI=1S/C28H27N3O3S2/c1-13-4-8-16(9-5-13)31-26(32)21-17-12-18(22(21)27(31)33)23-20(17)19(24-25(35-23)29-28(34)36-24)14-6-10-15(11-7-14)30(2)3/h4-11,17-23H,12H2,1-3H3,(H,29,34)/t17-,18-,19?,20?,21?,22?,23?/m1/s1. The highest BCUT2D eigenvalue weighted by molar-refractivity contribution is 8.00. The van der Waals surface area contributed by atoms with Gasteiger partial charge < -0.3 is 9.88 Å². The molecule has 3 aromatic rings. The normalized spacial score (nSPS) is 32.0. The van der Waals surface area contributed by atoms with Crippen molar-refractivity contribution in [3.05, 3.63) is 74.2 Å². The number of thioether (sulfide) groups is 1. The number of aromatic nitrogens is 1. The largest absolute Gasteiger partial charge is 0.378 e. The van der Waals surface area contributed by atoms with Crippen molar-refractivity contribution in [2.75, 3.05) is 23.9 Å². The van der Waals surface area contributed by atoms with E-state index in [4.69, 9.17) is 0 Å². The number of nitrogens with one attached hydrogen (secondary N) is 1. The Morgan fingerprint density at radius 2 is 1.58 bits per heavy atom. The number of aryl methyl sites for hydroxylation is 1. The number of carbonyl (C=O) groups excluding carboxylic acids is 2. The zero-order chi connectivity index (χ0) is 24.9. The first-order chi connectivity index (χ1) is 17.3. The van der Waals surface area contributed by atoms with Crippen molar-refractivity contribution in [1.29, 1.82) is 0 Å². The second kappa shape index (κ2) is 7.83. The van der Waals surface area contributed by atoms with Crippen molar-refractivity contribution in [1.82, 2.24) is 4.98 Å². The van der Waals surface area contributed by atoms with Gasteiger partial charge in [0.2, 0.25) is 11.8 Å². The van der Waals surface area contributed by atoms with Crippen molar-refractivity contribution in [3.8, 4) is 0 Å². The first kappa shape index (κ1) is 22.4. The topological polar surface area (TPSA) is 73.5 Å². The van der Waals surface area contributed by atoms with E-state index >= 15 is 0 Å². The molecule has 1 N–H and O–H groups in total. The molecule has 4 aliphatic rings. The summed E-state index contributed by atoms with van der Waals surface area (Å²) in [4.78, 5) is 47.6. The van der Waals surface area contributed by atoms with Crippen LogP contribution in [-0.2, 0) is 9.59 Å². The molecule has 7 atom stereocenters. The van der Waals surface area contributed by atoms with Crippen LogP contribution in [0.15, 0.2) is 58.4 Å². The lowest BCUT2D eigenvalue weighted by atomic mass is 9.68. The molecule has 1 saturated heterocycles. The minimum absolute atomic E-state index is 0.0346. The van der Waals surface area contributed by atoms with E-state index in [0.717, 1.165) is 27.6 Å². The van der Waals surface area contributed by atoms with Gasteiger partial charge in [0, 0.05) is 35.8 Å². The maximum Gasteiger partial charge on any atom is 0.305 e. The molecule has 1 aromatic heterocycles. The zero-order valence-corrected chi connectivity index (χ0v) is 21.9. The number of hydrogen-bond donors (Lipinski definition) is 1. The monoisotopic (exact) mass is 517 g/mol. The van der Waals surface area contributed by atoms with Gasteiger partial charge in [0.05, 0.1) is 22.5 Å². The van der Waals surface area contributed by atoms with Gasteiger partial charge in [-0.15, -0.1) is 11.8 Å². The van der Waals surface area contributed by atoms with Crippen LogP contribution < -0.4 is 14.7 Å². The average Bonchev–Trinajstić information content (AvgIpc) is 3.59. The fraction of sp³-hybridized carbons (Fsp3) is 0.393. The Hall–Kier alpha value is -2.84. The van der Waals surface area contributed by atoms with Crippen LogP contribution in [0.2, 0.25) is 0 Å². The number of rotatable bonds is 3. The molecule has 6 nitrogen and oxygen atoms in total. The minimum Gasteiger partial charge on any atom is -0.378 e. The van der Waals surface area contributed by atoms with E-state index < -0.39 is 0 Å². The van der Waals surface area contributed by atoms with Crippen LogP contribution in [0.1, 0.15) is 28.3 Å². The number of carbonyl (C=O) groups is 2. The molecule has 7 rings (SSSR count). The first-order valence-electron chi connectivity index (χ1n) is 12.4. The molecule has 2 amide bonds. The molecule has 5 unspecified atom stereocenters. The first-order valence-corrected chi connectivity index (χ1v) is 14.1. The predicted molar refractivity (Wildman–Crippen MR) is 143 cm³/mol. The van der Waals surface area contributed by atoms with Gasteiger partial charge in [-0.05, 0) is 60.9 Å². The van der Waals surface area contributed by atoms with E-state index in [0.29, 0.717) is 5.69 Å². The summed E-state index contributed by atoms with van der Waals surface area (Å²) in [6.45, 7) is 2.00. The summed E-state index contributed by atoms with van der Waals surface area (Å²) < 4.78 is 0. The van der Waals surface area contributed by atoms with Crippen molar-refractivity contribution in [2.24, 2.45) is 29.6 Å². The van der Waals surface area contributed by atoms with E-state index in [1.54, 1.807) is 11.8 Å². The van der Waals surface area contributed by atoms with Gasteiger partial charge in [-0.1, -0.05) is 41.2 Å². The second-order valence-electron chi connectivity index (χ2n) is 10.8. The number of H-pyrrole nitrogens is 1. The van der Waals surface area contributed by atoms with E-state index in [1.165, 1.54) is 21.8 Å². The third-order valence-corrected chi connectivity index (χ3v) is 11.4. The SMILES string of the molecule is Cc1ccc(N2C(=O)C3C(C2=O)[C@@H]2C[C@H]3C3Sc4[nH]c(=O)sc4C(c4ccc(N(C)C)cc4)C32)cc1. The molecular weight excluding hydrogens is 490 g/mol. The summed E-state index contributed by atoms with van der Waals surface area (Å²) in [6, 6.07) is 16.3. The molecule has 3 heterocycles. The van der Waals surface area contributed by atoms with Gasteiger partial charge in [0.25, 0.3) is 0 Å². The van der Waals surface area contributed by atoms with Gasteiger partial charge in [-0.2, -0.15) is 0 Å². The van der Waals surface area contributed by atoms with Crippen LogP contribution >= 0.6 is 23.1 Å². The Balaban J connectivity index is 1.31. The summed E-state index contributed by atoms with van der Waals surface area (Å²) in [5.41, 5.74) is 4.09. The average molecular weight is 518 g/mol. The number of anilines is 2. The molecule has 0 radical (unpaired) electrons. The Morgan fingerprint density at radius 3 is 2.25 bits per heavy atom. The van der Waals surface area contributed by atoms with Crippen molar-refractivity contribution in [2.45, 2.75) is 29.5 Å². The van der Waals surface area contributed by atoms with Crippen molar-refractivity contribution in [3.63, 3.8) is 0 Å². The van der Waals surface area contributed by atoms with Gasteiger partial charge in [0.15, 0.2) is 0 Å². The summed E-state index contributed by atoms with van der Waals surface area (Å²) in [5, 5.41) is 1.16. The van der Waals surface area contributed by atoms with Crippen LogP contribution in [0.4, 0.5) is 11.4 Å². The predicted octanol–water partition coefficient (Wildman–Crippen LogP) is 4.49. The highest BCUT2D eigenvalue weighted by atomic mass is 32.2. The number of thiazole rings is 1. The van der Waals surface area contributed by atoms with Gasteiger partial charge in [0.1, 0.15) is 0 Å². The maximum absolute atomic E-state index is 13.8. The molecule has 2 aliphatic carbocycles. The maximum atomic E-state index is 13.8. The molecule has 184 valence electrons. The number of nitrogens with zero attached hydrogens (tertiary/aromatic N) is 2. The molecule has 3 fully saturated rings. The smallest absolute Gasteiger partial charge is 0.305 e. The lowest BCUT2D eigenvalue weighted by Crippen LogP contribution is -2.42. The fourth-order valence-corrected chi connectivity index (χ4v) is 10.2. The van der Waals surface area contributed by atoms with Gasteiger partial charge in [-0.3, -0.25) is 19.3 Å². The molecule has 0 spiro atoms. The third kappa shape index (κ3) is 3.00. The third-order valence-electron chi connectivity index (χ3n) is 8.78.